The van der Waals surface area contributed by atoms with Crippen LogP contribution in [0.25, 0.3) is 0 Å². The molecule has 2 fully saturated rings. The molecule has 3 N–H and O–H groups in total. The molecule has 1 amide bonds. The Kier molecular flexibility index (Phi) is 3.46. The fourth-order valence-corrected chi connectivity index (χ4v) is 2.77. The Morgan fingerprint density at radius 1 is 1.35 bits per heavy atom. The van der Waals surface area contributed by atoms with Gasteiger partial charge in [0.2, 0.25) is 5.91 Å². The highest BCUT2D eigenvalue weighted by molar-refractivity contribution is 5.82. The van der Waals surface area contributed by atoms with E-state index in [1.807, 2.05) is 0 Å². The lowest BCUT2D eigenvalue weighted by Crippen LogP contribution is -2.58. The Bertz CT molecular complexity index is 298. The molecule has 1 unspecified atom stereocenters. The Balaban J connectivity index is 1.86. The van der Waals surface area contributed by atoms with Crippen LogP contribution in [0.5, 0.6) is 0 Å². The highest BCUT2D eigenvalue weighted by atomic mass is 16.3. The maximum absolute atomic E-state index is 12.1. The Morgan fingerprint density at radius 3 is 2.59 bits per heavy atom. The van der Waals surface area contributed by atoms with Crippen LogP contribution in [0.1, 0.15) is 46.0 Å². The molecule has 98 valence electrons. The first-order chi connectivity index (χ1) is 7.93. The summed E-state index contributed by atoms with van der Waals surface area (Å²) in [4.78, 5) is 12.1. The molecule has 1 aliphatic carbocycles. The van der Waals surface area contributed by atoms with E-state index in [1.165, 1.54) is 0 Å². The van der Waals surface area contributed by atoms with E-state index in [-0.39, 0.29) is 17.4 Å². The van der Waals surface area contributed by atoms with Gasteiger partial charge in [0.25, 0.3) is 0 Å². The lowest BCUT2D eigenvalue weighted by molar-refractivity contribution is -0.129. The number of aliphatic hydroxyl groups is 1. The van der Waals surface area contributed by atoms with Gasteiger partial charge < -0.3 is 15.7 Å². The van der Waals surface area contributed by atoms with Gasteiger partial charge in [-0.1, -0.05) is 13.8 Å². The topological polar surface area (TPSA) is 61.4 Å². The van der Waals surface area contributed by atoms with Gasteiger partial charge in [0.1, 0.15) is 0 Å². The second-order valence-corrected chi connectivity index (χ2v) is 6.27. The first-order valence-electron chi connectivity index (χ1n) is 6.67. The quantitative estimate of drug-likeness (QED) is 0.683. The largest absolute Gasteiger partial charge is 0.388 e. The molecular formula is C13H24N2O2. The zero-order valence-electron chi connectivity index (χ0n) is 10.9. The van der Waals surface area contributed by atoms with Crippen molar-refractivity contribution in [1.29, 1.82) is 0 Å². The standard InChI is InChI=1S/C13H24N2O2/c1-12(2)5-4-8-14-10(12)11(16)15-9-13(17)6-3-7-13/h10,14,17H,3-9H2,1-2H3,(H,15,16). The van der Waals surface area contributed by atoms with Crippen LogP contribution in [0.4, 0.5) is 0 Å². The van der Waals surface area contributed by atoms with Crippen LogP contribution < -0.4 is 10.6 Å². The van der Waals surface area contributed by atoms with Crippen LogP contribution in [0, 0.1) is 5.41 Å². The molecule has 1 saturated heterocycles. The highest BCUT2D eigenvalue weighted by Crippen LogP contribution is 2.32. The van der Waals surface area contributed by atoms with Gasteiger partial charge in [-0.2, -0.15) is 0 Å². The van der Waals surface area contributed by atoms with E-state index in [2.05, 4.69) is 24.5 Å². The summed E-state index contributed by atoms with van der Waals surface area (Å²) >= 11 is 0. The average molecular weight is 240 g/mol. The number of amides is 1. The summed E-state index contributed by atoms with van der Waals surface area (Å²) in [6.45, 7) is 5.56. The molecular weight excluding hydrogens is 216 g/mol. The Hall–Kier alpha value is -0.610. The minimum atomic E-state index is -0.630. The van der Waals surface area contributed by atoms with E-state index in [9.17, 15) is 9.90 Å². The van der Waals surface area contributed by atoms with Crippen LogP contribution in [0.15, 0.2) is 0 Å². The predicted octanol–water partition coefficient (Wildman–Crippen LogP) is 0.796. The van der Waals surface area contributed by atoms with Crippen molar-refractivity contribution in [3.63, 3.8) is 0 Å². The Morgan fingerprint density at radius 2 is 2.06 bits per heavy atom. The molecule has 1 atom stereocenters. The van der Waals surface area contributed by atoms with E-state index >= 15 is 0 Å². The monoisotopic (exact) mass is 240 g/mol. The first-order valence-corrected chi connectivity index (χ1v) is 6.67. The molecule has 2 aliphatic rings. The molecule has 1 aliphatic heterocycles. The van der Waals surface area contributed by atoms with Crippen molar-refractivity contribution in [3.05, 3.63) is 0 Å². The molecule has 0 aromatic carbocycles. The predicted molar refractivity (Wildman–Crippen MR) is 66.6 cm³/mol. The molecule has 0 radical (unpaired) electrons. The first kappa shape index (κ1) is 12.8. The van der Waals surface area contributed by atoms with Crippen LogP contribution in [-0.2, 0) is 4.79 Å². The molecule has 4 nitrogen and oxygen atoms in total. The zero-order chi connectivity index (χ0) is 12.5. The fourth-order valence-electron chi connectivity index (χ4n) is 2.77. The lowest BCUT2D eigenvalue weighted by Gasteiger charge is -2.40. The van der Waals surface area contributed by atoms with Crippen molar-refractivity contribution >= 4 is 5.91 Å². The number of nitrogens with one attached hydrogen (secondary N) is 2. The third-order valence-corrected chi connectivity index (χ3v) is 4.27. The van der Waals surface area contributed by atoms with Gasteiger partial charge in [0.15, 0.2) is 0 Å². The van der Waals surface area contributed by atoms with Gasteiger partial charge in [-0.15, -0.1) is 0 Å². The molecule has 1 heterocycles. The number of piperidine rings is 1. The van der Waals surface area contributed by atoms with Gasteiger partial charge in [-0.05, 0) is 44.1 Å². The van der Waals surface area contributed by atoms with E-state index in [0.717, 1.165) is 38.6 Å². The van der Waals surface area contributed by atoms with E-state index < -0.39 is 5.60 Å². The molecule has 4 heteroatoms. The second kappa shape index (κ2) is 4.58. The maximum Gasteiger partial charge on any atom is 0.237 e. The lowest BCUT2D eigenvalue weighted by atomic mass is 9.76. The van der Waals surface area contributed by atoms with Crippen molar-refractivity contribution in [2.45, 2.75) is 57.6 Å². The SMILES string of the molecule is CC1(C)CCCNC1C(=O)NCC1(O)CCC1. The number of rotatable bonds is 3. The number of hydrogen-bond donors (Lipinski definition) is 3. The summed E-state index contributed by atoms with van der Waals surface area (Å²) in [6.07, 6.45) is 4.89. The van der Waals surface area contributed by atoms with Gasteiger partial charge in [-0.3, -0.25) is 4.79 Å². The second-order valence-electron chi connectivity index (χ2n) is 6.27. The normalized spacial score (nSPS) is 30.4. The summed E-state index contributed by atoms with van der Waals surface area (Å²) in [6, 6.07) is -0.125. The van der Waals surface area contributed by atoms with Crippen LogP contribution in [-0.4, -0.2) is 35.7 Å². The average Bonchev–Trinajstić information content (AvgIpc) is 2.22. The molecule has 0 aromatic heterocycles. The smallest absolute Gasteiger partial charge is 0.237 e. The maximum atomic E-state index is 12.1. The summed E-state index contributed by atoms with van der Waals surface area (Å²) in [5.41, 5.74) is -0.626. The summed E-state index contributed by atoms with van der Waals surface area (Å²) < 4.78 is 0. The third-order valence-electron chi connectivity index (χ3n) is 4.27. The molecule has 0 aromatic rings. The van der Waals surface area contributed by atoms with Crippen LogP contribution in [0.2, 0.25) is 0 Å². The zero-order valence-corrected chi connectivity index (χ0v) is 10.9. The Labute approximate surface area is 103 Å². The summed E-state index contributed by atoms with van der Waals surface area (Å²) in [7, 11) is 0. The fraction of sp³-hybridized carbons (Fsp3) is 0.923. The minimum Gasteiger partial charge on any atom is -0.388 e. The molecule has 0 bridgehead atoms. The number of carbonyl (C=O) groups is 1. The summed E-state index contributed by atoms with van der Waals surface area (Å²) in [5.74, 6) is 0.0371. The third kappa shape index (κ3) is 2.80. The van der Waals surface area contributed by atoms with E-state index in [4.69, 9.17) is 0 Å². The van der Waals surface area contributed by atoms with Crippen molar-refractivity contribution in [3.8, 4) is 0 Å². The van der Waals surface area contributed by atoms with Crippen LogP contribution >= 0.6 is 0 Å². The van der Waals surface area contributed by atoms with E-state index in [0.29, 0.717) is 6.54 Å². The van der Waals surface area contributed by atoms with Crippen molar-refractivity contribution in [2.75, 3.05) is 13.1 Å². The van der Waals surface area contributed by atoms with Gasteiger partial charge >= 0.3 is 0 Å². The molecule has 1 saturated carbocycles. The van der Waals surface area contributed by atoms with Gasteiger partial charge in [0, 0.05) is 6.54 Å². The van der Waals surface area contributed by atoms with Crippen molar-refractivity contribution in [1.82, 2.24) is 10.6 Å². The number of hydrogen-bond acceptors (Lipinski definition) is 3. The van der Waals surface area contributed by atoms with Crippen molar-refractivity contribution < 1.29 is 9.90 Å². The molecule has 17 heavy (non-hydrogen) atoms. The molecule has 0 spiro atoms. The van der Waals surface area contributed by atoms with E-state index in [1.54, 1.807) is 0 Å². The summed E-state index contributed by atoms with van der Waals surface area (Å²) in [5, 5.41) is 16.1. The van der Waals surface area contributed by atoms with Crippen molar-refractivity contribution in [2.24, 2.45) is 5.41 Å². The highest BCUT2D eigenvalue weighted by Gasteiger charge is 2.39. The molecule has 2 rings (SSSR count). The minimum absolute atomic E-state index is 0.00453. The van der Waals surface area contributed by atoms with Gasteiger partial charge in [0.05, 0.1) is 11.6 Å². The van der Waals surface area contributed by atoms with Crippen LogP contribution in [0.3, 0.4) is 0 Å². The number of carbonyl (C=O) groups excluding carboxylic acids is 1. The van der Waals surface area contributed by atoms with Gasteiger partial charge in [-0.25, -0.2) is 0 Å².